The van der Waals surface area contributed by atoms with E-state index in [0.29, 0.717) is 6.42 Å². The summed E-state index contributed by atoms with van der Waals surface area (Å²) in [5, 5.41) is 1.03. The molecule has 0 aliphatic rings. The van der Waals surface area contributed by atoms with Gasteiger partial charge in [-0.2, -0.15) is 0 Å². The molecule has 2 heterocycles. The Hall–Kier alpha value is -1.64. The third-order valence-corrected chi connectivity index (χ3v) is 2.51. The highest BCUT2D eigenvalue weighted by atomic mass is 16.1. The van der Waals surface area contributed by atoms with Crippen LogP contribution in [0.5, 0.6) is 0 Å². The molecule has 0 N–H and O–H groups in total. The topological polar surface area (TPSA) is 34.9 Å². The molecule has 0 atom stereocenters. The van der Waals surface area contributed by atoms with Gasteiger partial charge in [-0.15, -0.1) is 0 Å². The summed E-state index contributed by atoms with van der Waals surface area (Å²) >= 11 is 0. The number of hydrogen-bond acceptors (Lipinski definition) is 2. The SMILES string of the molecule is CCCC(=O)c1cnc2c(ccn2C)c1. The average Bonchev–Trinajstić information content (AvgIpc) is 2.60. The van der Waals surface area contributed by atoms with Crippen molar-refractivity contribution in [1.82, 2.24) is 9.55 Å². The number of rotatable bonds is 3. The molecule has 0 saturated carbocycles. The van der Waals surface area contributed by atoms with Gasteiger partial charge in [0.1, 0.15) is 5.65 Å². The number of pyridine rings is 1. The van der Waals surface area contributed by atoms with Gasteiger partial charge in [0.15, 0.2) is 5.78 Å². The molecule has 0 bridgehead atoms. The van der Waals surface area contributed by atoms with Gasteiger partial charge < -0.3 is 4.57 Å². The average molecular weight is 202 g/mol. The van der Waals surface area contributed by atoms with E-state index in [4.69, 9.17) is 0 Å². The zero-order valence-corrected chi connectivity index (χ0v) is 9.03. The van der Waals surface area contributed by atoms with Gasteiger partial charge in [-0.25, -0.2) is 4.98 Å². The Morgan fingerprint density at radius 1 is 1.53 bits per heavy atom. The quantitative estimate of drug-likeness (QED) is 0.717. The van der Waals surface area contributed by atoms with Crippen molar-refractivity contribution in [3.05, 3.63) is 30.1 Å². The van der Waals surface area contributed by atoms with E-state index >= 15 is 0 Å². The monoisotopic (exact) mass is 202 g/mol. The lowest BCUT2D eigenvalue weighted by Crippen LogP contribution is -1.99. The van der Waals surface area contributed by atoms with Gasteiger partial charge in [0.25, 0.3) is 0 Å². The fourth-order valence-electron chi connectivity index (χ4n) is 1.68. The molecule has 2 aromatic rings. The van der Waals surface area contributed by atoms with Crippen LogP contribution in [0.4, 0.5) is 0 Å². The molecule has 3 heteroatoms. The Balaban J connectivity index is 2.43. The molecule has 15 heavy (non-hydrogen) atoms. The maximum Gasteiger partial charge on any atom is 0.164 e. The van der Waals surface area contributed by atoms with Crippen LogP contribution in [0, 0.1) is 0 Å². The van der Waals surface area contributed by atoms with Gasteiger partial charge in [0.05, 0.1) is 0 Å². The molecule has 0 saturated heterocycles. The van der Waals surface area contributed by atoms with Crippen LogP contribution >= 0.6 is 0 Å². The number of aryl methyl sites for hydroxylation is 1. The van der Waals surface area contributed by atoms with Crippen molar-refractivity contribution in [3.8, 4) is 0 Å². The third-order valence-electron chi connectivity index (χ3n) is 2.51. The van der Waals surface area contributed by atoms with E-state index in [1.807, 2.05) is 36.9 Å². The predicted molar refractivity (Wildman–Crippen MR) is 60.0 cm³/mol. The van der Waals surface area contributed by atoms with Crippen LogP contribution in [-0.2, 0) is 7.05 Å². The normalized spacial score (nSPS) is 10.8. The standard InChI is InChI=1S/C12H14N2O/c1-3-4-11(15)10-7-9-5-6-14(2)12(9)13-8-10/h5-8H,3-4H2,1-2H3. The Morgan fingerprint density at radius 3 is 3.07 bits per heavy atom. The summed E-state index contributed by atoms with van der Waals surface area (Å²) in [5.74, 6) is 0.177. The van der Waals surface area contributed by atoms with Crippen molar-refractivity contribution in [2.75, 3.05) is 0 Å². The number of Topliss-reactive ketones (excluding diaryl/α,β-unsaturated/α-hetero) is 1. The van der Waals surface area contributed by atoms with E-state index in [0.717, 1.165) is 23.0 Å². The van der Waals surface area contributed by atoms with Crippen LogP contribution in [0.2, 0.25) is 0 Å². The molecule has 0 aliphatic carbocycles. The van der Waals surface area contributed by atoms with Gasteiger partial charge in [-0.3, -0.25) is 4.79 Å². The summed E-state index contributed by atoms with van der Waals surface area (Å²) in [7, 11) is 1.95. The first-order valence-electron chi connectivity index (χ1n) is 5.16. The minimum absolute atomic E-state index is 0.177. The Bertz CT molecular complexity index is 499. The molecule has 3 nitrogen and oxygen atoms in total. The summed E-state index contributed by atoms with van der Waals surface area (Å²) in [6.45, 7) is 2.01. The highest BCUT2D eigenvalue weighted by Crippen LogP contribution is 2.15. The summed E-state index contributed by atoms with van der Waals surface area (Å²) in [4.78, 5) is 15.9. The van der Waals surface area contributed by atoms with Crippen molar-refractivity contribution in [2.24, 2.45) is 7.05 Å². The molecule has 2 aromatic heterocycles. The van der Waals surface area contributed by atoms with Crippen LogP contribution < -0.4 is 0 Å². The highest BCUT2D eigenvalue weighted by Gasteiger charge is 2.07. The van der Waals surface area contributed by atoms with Crippen LogP contribution in [-0.4, -0.2) is 15.3 Å². The minimum Gasteiger partial charge on any atom is -0.336 e. The van der Waals surface area contributed by atoms with E-state index < -0.39 is 0 Å². The molecular formula is C12H14N2O. The van der Waals surface area contributed by atoms with Crippen LogP contribution in [0.3, 0.4) is 0 Å². The zero-order chi connectivity index (χ0) is 10.8. The molecule has 2 rings (SSSR count). The molecular weight excluding hydrogens is 188 g/mol. The lowest BCUT2D eigenvalue weighted by molar-refractivity contribution is 0.0981. The number of carbonyl (C=O) groups excluding carboxylic acids is 1. The van der Waals surface area contributed by atoms with E-state index in [1.165, 1.54) is 0 Å². The Morgan fingerprint density at radius 2 is 2.33 bits per heavy atom. The summed E-state index contributed by atoms with van der Waals surface area (Å²) in [6.07, 6.45) is 5.09. The number of nitrogens with zero attached hydrogens (tertiary/aromatic N) is 2. The zero-order valence-electron chi connectivity index (χ0n) is 9.03. The predicted octanol–water partition coefficient (Wildman–Crippen LogP) is 2.56. The number of hydrogen-bond donors (Lipinski definition) is 0. The summed E-state index contributed by atoms with van der Waals surface area (Å²) in [5.41, 5.74) is 1.64. The first-order valence-corrected chi connectivity index (χ1v) is 5.16. The van der Waals surface area contributed by atoms with Crippen molar-refractivity contribution in [2.45, 2.75) is 19.8 Å². The van der Waals surface area contributed by atoms with Crippen molar-refractivity contribution in [3.63, 3.8) is 0 Å². The summed E-state index contributed by atoms with van der Waals surface area (Å²) in [6, 6.07) is 3.89. The molecule has 0 aliphatic heterocycles. The second-order valence-electron chi connectivity index (χ2n) is 3.74. The maximum absolute atomic E-state index is 11.6. The van der Waals surface area contributed by atoms with Crippen molar-refractivity contribution in [1.29, 1.82) is 0 Å². The van der Waals surface area contributed by atoms with Gasteiger partial charge in [0, 0.05) is 36.8 Å². The number of fused-ring (bicyclic) bond motifs is 1. The van der Waals surface area contributed by atoms with Crippen molar-refractivity contribution >= 4 is 16.8 Å². The summed E-state index contributed by atoms with van der Waals surface area (Å²) < 4.78 is 1.95. The second kappa shape index (κ2) is 3.85. The molecule has 0 aromatic carbocycles. The van der Waals surface area contributed by atoms with Crippen LogP contribution in [0.15, 0.2) is 24.5 Å². The van der Waals surface area contributed by atoms with Gasteiger partial charge in [-0.1, -0.05) is 6.92 Å². The fourth-order valence-corrected chi connectivity index (χ4v) is 1.68. The molecule has 0 spiro atoms. The first-order chi connectivity index (χ1) is 7.22. The molecule has 0 fully saturated rings. The lowest BCUT2D eigenvalue weighted by atomic mass is 10.1. The van der Waals surface area contributed by atoms with Crippen LogP contribution in [0.25, 0.3) is 11.0 Å². The Kier molecular flexibility index (Phi) is 2.54. The second-order valence-corrected chi connectivity index (χ2v) is 3.74. The molecule has 0 radical (unpaired) electrons. The first kappa shape index (κ1) is 9.90. The number of carbonyl (C=O) groups is 1. The van der Waals surface area contributed by atoms with E-state index in [2.05, 4.69) is 4.98 Å². The molecule has 0 unspecified atom stereocenters. The van der Waals surface area contributed by atoms with Gasteiger partial charge >= 0.3 is 0 Å². The fraction of sp³-hybridized carbons (Fsp3) is 0.333. The van der Waals surface area contributed by atoms with E-state index in [9.17, 15) is 4.79 Å². The van der Waals surface area contributed by atoms with Gasteiger partial charge in [0.2, 0.25) is 0 Å². The third kappa shape index (κ3) is 1.77. The van der Waals surface area contributed by atoms with Crippen LogP contribution in [0.1, 0.15) is 30.1 Å². The van der Waals surface area contributed by atoms with E-state index in [1.54, 1.807) is 6.20 Å². The largest absolute Gasteiger partial charge is 0.336 e. The molecule has 78 valence electrons. The number of ketones is 1. The number of aromatic nitrogens is 2. The lowest BCUT2D eigenvalue weighted by Gasteiger charge is -1.99. The Labute approximate surface area is 88.7 Å². The maximum atomic E-state index is 11.6. The van der Waals surface area contributed by atoms with Gasteiger partial charge in [-0.05, 0) is 18.6 Å². The highest BCUT2D eigenvalue weighted by molar-refractivity contribution is 5.98. The minimum atomic E-state index is 0.177. The van der Waals surface area contributed by atoms with E-state index in [-0.39, 0.29) is 5.78 Å². The molecule has 0 amide bonds. The smallest absolute Gasteiger partial charge is 0.164 e. The van der Waals surface area contributed by atoms with Crippen molar-refractivity contribution < 1.29 is 4.79 Å².